The number of nitrogens with one attached hydrogen (secondary N) is 1. The van der Waals surface area contributed by atoms with Crippen LogP contribution in [0, 0.1) is 6.92 Å². The maximum Gasteiger partial charge on any atom is 0.417 e. The van der Waals surface area contributed by atoms with Gasteiger partial charge in [0.25, 0.3) is 5.89 Å². The van der Waals surface area contributed by atoms with Crippen molar-refractivity contribution in [2.45, 2.75) is 39.0 Å². The van der Waals surface area contributed by atoms with Crippen molar-refractivity contribution < 1.29 is 27.2 Å². The van der Waals surface area contributed by atoms with Crippen LogP contribution in [-0.2, 0) is 15.7 Å². The van der Waals surface area contributed by atoms with E-state index in [4.69, 9.17) is 9.26 Å². The van der Waals surface area contributed by atoms with Crippen molar-refractivity contribution >= 4 is 5.97 Å². The summed E-state index contributed by atoms with van der Waals surface area (Å²) >= 11 is 0. The van der Waals surface area contributed by atoms with E-state index in [9.17, 15) is 18.0 Å². The van der Waals surface area contributed by atoms with Gasteiger partial charge in [0, 0.05) is 17.2 Å². The minimum Gasteiger partial charge on any atom is -0.468 e. The molecule has 0 fully saturated rings. The smallest absolute Gasteiger partial charge is 0.417 e. The number of carbonyl (C=O) groups excluding carboxylic acids is 1. The molecule has 37 heavy (non-hydrogen) atoms. The summed E-state index contributed by atoms with van der Waals surface area (Å²) < 4.78 is 50.7. The lowest BCUT2D eigenvalue weighted by atomic mass is 9.94. The minimum absolute atomic E-state index is 0.0899. The number of rotatable bonds is 7. The van der Waals surface area contributed by atoms with Gasteiger partial charge in [-0.1, -0.05) is 53.7 Å². The van der Waals surface area contributed by atoms with Crippen LogP contribution in [0.15, 0.2) is 71.3 Å². The zero-order valence-electron chi connectivity index (χ0n) is 20.8. The van der Waals surface area contributed by atoms with Crippen molar-refractivity contribution in [1.82, 2.24) is 15.5 Å². The summed E-state index contributed by atoms with van der Waals surface area (Å²) in [5.41, 5.74) is 2.88. The van der Waals surface area contributed by atoms with Crippen LogP contribution in [0.1, 0.15) is 36.6 Å². The number of ether oxygens (including phenoxy) is 1. The Morgan fingerprint density at radius 3 is 2.30 bits per heavy atom. The minimum atomic E-state index is -4.45. The Kier molecular flexibility index (Phi) is 7.45. The highest BCUT2D eigenvalue weighted by Crippen LogP contribution is 2.38. The average molecular weight is 510 g/mol. The largest absolute Gasteiger partial charge is 0.468 e. The first-order valence-electron chi connectivity index (χ1n) is 11.6. The summed E-state index contributed by atoms with van der Waals surface area (Å²) in [6.07, 6.45) is -4.45. The van der Waals surface area contributed by atoms with Gasteiger partial charge in [-0.25, -0.2) is 0 Å². The lowest BCUT2D eigenvalue weighted by Crippen LogP contribution is -2.36. The molecule has 0 spiro atoms. The molecule has 6 nitrogen and oxygen atoms in total. The van der Waals surface area contributed by atoms with E-state index in [0.717, 1.165) is 17.2 Å². The van der Waals surface area contributed by atoms with Crippen molar-refractivity contribution in [2.24, 2.45) is 0 Å². The topological polar surface area (TPSA) is 77.2 Å². The second-order valence-electron chi connectivity index (χ2n) is 8.75. The van der Waals surface area contributed by atoms with Crippen molar-refractivity contribution in [3.05, 3.63) is 83.4 Å². The maximum atomic E-state index is 13.5. The zero-order chi connectivity index (χ0) is 26.7. The first-order valence-corrected chi connectivity index (χ1v) is 11.6. The molecule has 0 aliphatic heterocycles. The maximum absolute atomic E-state index is 13.5. The van der Waals surface area contributed by atoms with Gasteiger partial charge in [0.05, 0.1) is 12.7 Å². The number of benzene rings is 3. The molecule has 9 heteroatoms. The molecule has 2 atom stereocenters. The number of nitrogens with zero attached hydrogens (tertiary/aromatic N) is 2. The number of carbonyl (C=O) groups is 1. The van der Waals surface area contributed by atoms with Crippen LogP contribution in [0.4, 0.5) is 13.2 Å². The Morgan fingerprint density at radius 2 is 1.65 bits per heavy atom. The normalized spacial score (nSPS) is 13.3. The van der Waals surface area contributed by atoms with Crippen molar-refractivity contribution in [2.75, 3.05) is 7.11 Å². The third kappa shape index (κ3) is 5.72. The fraction of sp³-hybridized carbons (Fsp3) is 0.250. The summed E-state index contributed by atoms with van der Waals surface area (Å²) in [4.78, 5) is 16.1. The van der Waals surface area contributed by atoms with Crippen LogP contribution >= 0.6 is 0 Å². The van der Waals surface area contributed by atoms with E-state index < -0.39 is 17.8 Å². The number of methoxy groups -OCH3 is 1. The molecule has 1 heterocycles. The summed E-state index contributed by atoms with van der Waals surface area (Å²) in [5.74, 6) is 0.310. The number of esters is 1. The molecule has 0 amide bonds. The highest BCUT2D eigenvalue weighted by Gasteiger charge is 2.33. The van der Waals surface area contributed by atoms with E-state index in [-0.39, 0.29) is 23.5 Å². The number of hydrogen-bond donors (Lipinski definition) is 1. The van der Waals surface area contributed by atoms with E-state index in [0.29, 0.717) is 22.5 Å². The molecule has 1 N–H and O–H groups in total. The Bertz CT molecular complexity index is 1400. The van der Waals surface area contributed by atoms with Gasteiger partial charge in [-0.15, -0.1) is 0 Å². The van der Waals surface area contributed by atoms with Gasteiger partial charge in [0.1, 0.15) is 6.04 Å². The summed E-state index contributed by atoms with van der Waals surface area (Å²) in [6, 6.07) is 17.5. The Balaban J connectivity index is 1.54. The van der Waals surface area contributed by atoms with E-state index in [1.165, 1.54) is 19.2 Å². The van der Waals surface area contributed by atoms with Gasteiger partial charge in [-0.05, 0) is 61.2 Å². The van der Waals surface area contributed by atoms with E-state index >= 15 is 0 Å². The molecule has 0 saturated heterocycles. The standard InChI is InChI=1S/C28H26F3N3O3/c1-16-15-21(13-14-22(16)23-7-5-6-8-24(23)28(29,30)31)26-33-25(34-37-26)20-11-9-19(10-12-20)17(2)32-18(3)27(35)36-4/h5-15,17-18,32H,1-4H3. The van der Waals surface area contributed by atoms with Crippen LogP contribution in [0.25, 0.3) is 34.0 Å². The lowest BCUT2D eigenvalue weighted by Gasteiger charge is -2.18. The number of aryl methyl sites for hydroxylation is 1. The molecule has 0 aliphatic carbocycles. The van der Waals surface area contributed by atoms with Crippen LogP contribution < -0.4 is 5.32 Å². The third-order valence-corrected chi connectivity index (χ3v) is 6.15. The Morgan fingerprint density at radius 1 is 0.973 bits per heavy atom. The van der Waals surface area contributed by atoms with Crippen molar-refractivity contribution in [3.63, 3.8) is 0 Å². The second kappa shape index (κ2) is 10.6. The van der Waals surface area contributed by atoms with Gasteiger partial charge in [0.15, 0.2) is 0 Å². The molecular weight excluding hydrogens is 483 g/mol. The van der Waals surface area contributed by atoms with Crippen molar-refractivity contribution in [1.29, 1.82) is 0 Å². The molecule has 0 bridgehead atoms. The monoisotopic (exact) mass is 509 g/mol. The summed E-state index contributed by atoms with van der Waals surface area (Å²) in [7, 11) is 1.35. The highest BCUT2D eigenvalue weighted by atomic mass is 19.4. The third-order valence-electron chi connectivity index (χ3n) is 6.15. The predicted octanol–water partition coefficient (Wildman–Crippen LogP) is 6.61. The molecular formula is C28H26F3N3O3. The summed E-state index contributed by atoms with van der Waals surface area (Å²) in [5, 5.41) is 7.24. The second-order valence-corrected chi connectivity index (χ2v) is 8.75. The predicted molar refractivity (Wildman–Crippen MR) is 133 cm³/mol. The van der Waals surface area contributed by atoms with E-state index in [2.05, 4.69) is 15.5 Å². The number of alkyl halides is 3. The fourth-order valence-corrected chi connectivity index (χ4v) is 4.16. The van der Waals surface area contributed by atoms with Gasteiger partial charge >= 0.3 is 12.1 Å². The highest BCUT2D eigenvalue weighted by molar-refractivity contribution is 5.75. The molecule has 192 valence electrons. The molecule has 0 saturated carbocycles. The number of halogens is 3. The van der Waals surface area contributed by atoms with E-state index in [1.807, 2.05) is 31.2 Å². The first-order chi connectivity index (χ1) is 17.6. The van der Waals surface area contributed by atoms with Crippen LogP contribution in [0.3, 0.4) is 0 Å². The quantitative estimate of drug-likeness (QED) is 0.283. The molecule has 1 aromatic heterocycles. The van der Waals surface area contributed by atoms with Gasteiger partial charge in [-0.3, -0.25) is 10.1 Å². The van der Waals surface area contributed by atoms with Crippen LogP contribution in [0.5, 0.6) is 0 Å². The Labute approximate surface area is 212 Å². The fourth-order valence-electron chi connectivity index (χ4n) is 4.16. The van der Waals surface area contributed by atoms with Crippen LogP contribution in [0.2, 0.25) is 0 Å². The average Bonchev–Trinajstić information content (AvgIpc) is 3.38. The summed E-state index contributed by atoms with van der Waals surface area (Å²) in [6.45, 7) is 5.43. The SMILES string of the molecule is COC(=O)C(C)NC(C)c1ccc(-c2noc(-c3ccc(-c4ccccc4C(F)(F)F)c(C)c3)n2)cc1. The molecule has 0 aliphatic rings. The lowest BCUT2D eigenvalue weighted by molar-refractivity contribution is -0.142. The first kappa shape index (κ1) is 26.1. The molecule has 2 unspecified atom stereocenters. The van der Waals surface area contributed by atoms with Gasteiger partial charge in [-0.2, -0.15) is 18.2 Å². The number of hydrogen-bond acceptors (Lipinski definition) is 6. The van der Waals surface area contributed by atoms with E-state index in [1.54, 1.807) is 38.1 Å². The molecule has 4 aromatic rings. The van der Waals surface area contributed by atoms with Gasteiger partial charge in [0.2, 0.25) is 5.82 Å². The molecule has 3 aromatic carbocycles. The van der Waals surface area contributed by atoms with Gasteiger partial charge < -0.3 is 9.26 Å². The molecule has 4 rings (SSSR count). The Hall–Kier alpha value is -3.98. The van der Waals surface area contributed by atoms with Crippen LogP contribution in [-0.4, -0.2) is 29.3 Å². The van der Waals surface area contributed by atoms with Crippen molar-refractivity contribution in [3.8, 4) is 34.0 Å². The number of aromatic nitrogens is 2. The zero-order valence-corrected chi connectivity index (χ0v) is 20.8. The molecule has 0 radical (unpaired) electrons.